The van der Waals surface area contributed by atoms with Crippen LogP contribution < -0.4 is 0 Å². The van der Waals surface area contributed by atoms with Crippen molar-refractivity contribution in [2.75, 3.05) is 6.61 Å². The summed E-state index contributed by atoms with van der Waals surface area (Å²) in [6.07, 6.45) is 29.7. The molecule has 0 radical (unpaired) electrons. The standard InChI is InChI=1S/C24H37NO3/c1-4-5-6-7-8-9-10-11-12-13-14-15-16-17-18-19-20-21-22-28-24(2,3)23(26)25-27/h5-6,8-9,11-12,14-15,17-18H,4,7,10,13,16,19-22H2,1-3H3. The third-order valence-corrected chi connectivity index (χ3v) is 3.98. The van der Waals surface area contributed by atoms with Crippen LogP contribution in [0.1, 0.15) is 72.1 Å². The fraction of sp³-hybridized carbons (Fsp3) is 0.542. The van der Waals surface area contributed by atoms with Crippen molar-refractivity contribution in [2.24, 2.45) is 5.18 Å². The fourth-order valence-electron chi connectivity index (χ4n) is 2.23. The van der Waals surface area contributed by atoms with Gasteiger partial charge in [0.05, 0.1) is 0 Å². The molecule has 0 atom stereocenters. The summed E-state index contributed by atoms with van der Waals surface area (Å²) in [7, 11) is 0. The Hall–Kier alpha value is -2.07. The summed E-state index contributed by atoms with van der Waals surface area (Å²) in [4.78, 5) is 21.5. The molecule has 0 aromatic carbocycles. The third-order valence-electron chi connectivity index (χ3n) is 3.98. The molecule has 0 aliphatic heterocycles. The van der Waals surface area contributed by atoms with Gasteiger partial charge in [0.25, 0.3) is 0 Å². The monoisotopic (exact) mass is 387 g/mol. The average molecular weight is 388 g/mol. The van der Waals surface area contributed by atoms with E-state index < -0.39 is 11.5 Å². The largest absolute Gasteiger partial charge is 0.366 e. The summed E-state index contributed by atoms with van der Waals surface area (Å²) >= 11 is 0. The van der Waals surface area contributed by atoms with E-state index in [0.29, 0.717) is 6.61 Å². The zero-order chi connectivity index (χ0) is 20.9. The second kappa shape index (κ2) is 18.3. The lowest BCUT2D eigenvalue weighted by Crippen LogP contribution is -2.33. The maximum Gasteiger partial charge on any atom is 0.317 e. The van der Waals surface area contributed by atoms with Gasteiger partial charge in [0.2, 0.25) is 0 Å². The van der Waals surface area contributed by atoms with Crippen molar-refractivity contribution in [2.45, 2.75) is 77.7 Å². The number of hydrogen-bond acceptors (Lipinski definition) is 3. The molecule has 0 heterocycles. The molecule has 28 heavy (non-hydrogen) atoms. The molecule has 0 rings (SSSR count). The van der Waals surface area contributed by atoms with Gasteiger partial charge in [-0.05, 0) is 65.2 Å². The highest BCUT2D eigenvalue weighted by molar-refractivity contribution is 5.84. The average Bonchev–Trinajstić information content (AvgIpc) is 2.69. The highest BCUT2D eigenvalue weighted by atomic mass is 16.5. The third kappa shape index (κ3) is 16.1. The Kier molecular flexibility index (Phi) is 16.9. The van der Waals surface area contributed by atoms with Gasteiger partial charge in [0.1, 0.15) is 5.60 Å². The molecular formula is C24H37NO3. The van der Waals surface area contributed by atoms with Crippen molar-refractivity contribution < 1.29 is 9.53 Å². The van der Waals surface area contributed by atoms with E-state index in [1.54, 1.807) is 13.8 Å². The summed E-state index contributed by atoms with van der Waals surface area (Å²) in [6.45, 7) is 5.74. The number of nitroso groups, excluding NO2 is 1. The number of rotatable bonds is 16. The molecule has 0 N–H and O–H groups in total. The van der Waals surface area contributed by atoms with Gasteiger partial charge in [-0.3, -0.25) is 4.79 Å². The molecule has 1 amide bonds. The predicted molar refractivity (Wildman–Crippen MR) is 119 cm³/mol. The van der Waals surface area contributed by atoms with E-state index in [2.05, 4.69) is 72.9 Å². The number of unbranched alkanes of at least 4 members (excludes halogenated alkanes) is 2. The first-order valence-electron chi connectivity index (χ1n) is 10.3. The lowest BCUT2D eigenvalue weighted by molar-refractivity contribution is -0.139. The van der Waals surface area contributed by atoms with E-state index in [1.165, 1.54) is 0 Å². The molecule has 4 nitrogen and oxygen atoms in total. The lowest BCUT2D eigenvalue weighted by atomic mass is 10.1. The van der Waals surface area contributed by atoms with Crippen molar-refractivity contribution in [1.29, 1.82) is 0 Å². The Morgan fingerprint density at radius 1 is 0.786 bits per heavy atom. The zero-order valence-electron chi connectivity index (χ0n) is 17.8. The van der Waals surface area contributed by atoms with Gasteiger partial charge >= 0.3 is 5.91 Å². The Labute approximate surface area is 171 Å². The number of nitrogens with zero attached hydrogens (tertiary/aromatic N) is 1. The molecule has 0 bridgehead atoms. The van der Waals surface area contributed by atoms with Crippen LogP contribution in [-0.2, 0) is 9.53 Å². The Morgan fingerprint density at radius 3 is 1.71 bits per heavy atom. The van der Waals surface area contributed by atoms with Gasteiger partial charge in [-0.1, -0.05) is 67.7 Å². The van der Waals surface area contributed by atoms with E-state index in [-0.39, 0.29) is 0 Å². The van der Waals surface area contributed by atoms with Crippen LogP contribution in [0, 0.1) is 4.91 Å². The molecule has 0 spiro atoms. The molecule has 0 aliphatic rings. The van der Waals surface area contributed by atoms with Gasteiger partial charge in [-0.25, -0.2) is 0 Å². The molecule has 0 saturated carbocycles. The molecule has 0 aromatic heterocycles. The van der Waals surface area contributed by atoms with Crippen molar-refractivity contribution in [1.82, 2.24) is 0 Å². The molecular weight excluding hydrogens is 350 g/mol. The first kappa shape index (κ1) is 25.9. The van der Waals surface area contributed by atoms with Crippen molar-refractivity contribution in [3.05, 3.63) is 65.7 Å². The highest BCUT2D eigenvalue weighted by Gasteiger charge is 2.29. The Bertz CT molecular complexity index is 554. The highest BCUT2D eigenvalue weighted by Crippen LogP contribution is 2.12. The molecule has 0 aliphatic carbocycles. The SMILES string of the molecule is CCC=CCC=CCC=CCC=CCC=CCCCCOC(C)(C)C(=O)N=O. The molecule has 0 fully saturated rings. The Morgan fingerprint density at radius 2 is 1.25 bits per heavy atom. The van der Waals surface area contributed by atoms with Gasteiger partial charge < -0.3 is 4.74 Å². The minimum Gasteiger partial charge on any atom is -0.366 e. The minimum atomic E-state index is -1.11. The van der Waals surface area contributed by atoms with Crippen LogP contribution in [0.2, 0.25) is 0 Å². The summed E-state index contributed by atoms with van der Waals surface area (Å²) in [6, 6.07) is 0. The molecule has 0 aromatic rings. The van der Waals surface area contributed by atoms with Crippen LogP contribution >= 0.6 is 0 Å². The van der Waals surface area contributed by atoms with Crippen LogP contribution in [-0.4, -0.2) is 18.1 Å². The fourth-order valence-corrected chi connectivity index (χ4v) is 2.23. The molecule has 156 valence electrons. The Balaban J connectivity index is 3.59. The number of carbonyl (C=O) groups excluding carboxylic acids is 1. The maximum absolute atomic E-state index is 11.2. The summed E-state index contributed by atoms with van der Waals surface area (Å²) in [5, 5.41) is 2.42. The van der Waals surface area contributed by atoms with E-state index in [1.807, 2.05) is 0 Å². The van der Waals surface area contributed by atoms with Gasteiger partial charge in [0, 0.05) is 11.8 Å². The molecule has 4 heteroatoms. The van der Waals surface area contributed by atoms with Crippen molar-refractivity contribution in [3.63, 3.8) is 0 Å². The van der Waals surface area contributed by atoms with Crippen LogP contribution in [0.4, 0.5) is 0 Å². The number of ether oxygens (including phenoxy) is 1. The zero-order valence-corrected chi connectivity index (χ0v) is 17.8. The van der Waals surface area contributed by atoms with Gasteiger partial charge in [-0.2, -0.15) is 0 Å². The topological polar surface area (TPSA) is 55.7 Å². The molecule has 0 saturated heterocycles. The quantitative estimate of drug-likeness (QED) is 0.163. The lowest BCUT2D eigenvalue weighted by Gasteiger charge is -2.19. The van der Waals surface area contributed by atoms with Gasteiger partial charge in [-0.15, -0.1) is 4.91 Å². The first-order chi connectivity index (χ1) is 13.5. The summed E-state index contributed by atoms with van der Waals surface area (Å²) in [5.74, 6) is -0.759. The summed E-state index contributed by atoms with van der Waals surface area (Å²) in [5.41, 5.74) is -1.11. The molecule has 0 unspecified atom stereocenters. The summed E-state index contributed by atoms with van der Waals surface area (Å²) < 4.78 is 5.42. The minimum absolute atomic E-state index is 0.457. The normalized spacial score (nSPS) is 13.1. The van der Waals surface area contributed by atoms with Crippen LogP contribution in [0.25, 0.3) is 0 Å². The van der Waals surface area contributed by atoms with Gasteiger partial charge in [0.15, 0.2) is 0 Å². The van der Waals surface area contributed by atoms with E-state index in [4.69, 9.17) is 4.74 Å². The number of hydrogen-bond donors (Lipinski definition) is 0. The second-order valence-electron chi connectivity index (χ2n) is 6.96. The predicted octanol–water partition coefficient (Wildman–Crippen LogP) is 7.00. The van der Waals surface area contributed by atoms with Crippen molar-refractivity contribution >= 4 is 5.91 Å². The van der Waals surface area contributed by atoms with Crippen LogP contribution in [0.15, 0.2) is 65.9 Å². The smallest absolute Gasteiger partial charge is 0.317 e. The number of carbonyl (C=O) groups is 1. The van der Waals surface area contributed by atoms with E-state index in [0.717, 1.165) is 51.4 Å². The first-order valence-corrected chi connectivity index (χ1v) is 10.3. The van der Waals surface area contributed by atoms with Crippen LogP contribution in [0.5, 0.6) is 0 Å². The van der Waals surface area contributed by atoms with Crippen LogP contribution in [0.3, 0.4) is 0 Å². The van der Waals surface area contributed by atoms with Crippen molar-refractivity contribution in [3.8, 4) is 0 Å². The second-order valence-corrected chi connectivity index (χ2v) is 6.96. The van der Waals surface area contributed by atoms with E-state index in [9.17, 15) is 9.70 Å². The van der Waals surface area contributed by atoms with E-state index >= 15 is 0 Å². The number of amides is 1. The maximum atomic E-state index is 11.2. The number of allylic oxidation sites excluding steroid dienone is 10.